The zero-order chi connectivity index (χ0) is 52.3. The minimum Gasteiger partial charge on any atom is -0.494 e. The van der Waals surface area contributed by atoms with Crippen LogP contribution in [0.2, 0.25) is 10.0 Å². The van der Waals surface area contributed by atoms with E-state index in [0.29, 0.717) is 63.2 Å². The van der Waals surface area contributed by atoms with E-state index in [4.69, 9.17) is 37.4 Å². The summed E-state index contributed by atoms with van der Waals surface area (Å²) in [4.78, 5) is 60.8. The fourth-order valence-corrected chi connectivity index (χ4v) is 6.85. The number of alkyl halides is 6. The van der Waals surface area contributed by atoms with Crippen molar-refractivity contribution in [1.82, 2.24) is 29.9 Å². The molecule has 6 aromatic rings. The SMILES string of the molecule is CCCOc1ccc(-c2nc(-c3cc(CCC(=O)C(C)(C)C(F)(F)F)ccc3Cl)[nH]c(=O)n2)cc1.CCCOc1ccc(-c2nc(OC)nc(-c3cc(CCC(=O)C(C)(C)C(F)(F)F)ccc3Cl)n2)cc1. The van der Waals surface area contributed by atoms with E-state index in [9.17, 15) is 40.7 Å². The number of ether oxygens (including phenoxy) is 3. The van der Waals surface area contributed by atoms with Gasteiger partial charge in [-0.25, -0.2) is 14.8 Å². The van der Waals surface area contributed by atoms with Gasteiger partial charge < -0.3 is 14.2 Å². The minimum atomic E-state index is -4.63. The topological polar surface area (TPSA) is 159 Å². The summed E-state index contributed by atoms with van der Waals surface area (Å²) in [5.41, 5.74) is -2.19. The Morgan fingerprint density at radius 3 is 1.44 bits per heavy atom. The lowest BCUT2D eigenvalue weighted by Crippen LogP contribution is -2.39. The molecule has 0 radical (unpaired) electrons. The summed E-state index contributed by atoms with van der Waals surface area (Å²) in [5, 5.41) is 0.613. The van der Waals surface area contributed by atoms with Crippen molar-refractivity contribution in [1.29, 1.82) is 0 Å². The van der Waals surface area contributed by atoms with Crippen molar-refractivity contribution in [3.63, 3.8) is 0 Å². The van der Waals surface area contributed by atoms with Gasteiger partial charge in [0.1, 0.15) is 39.7 Å². The lowest BCUT2D eigenvalue weighted by atomic mass is 9.84. The van der Waals surface area contributed by atoms with Crippen LogP contribution in [0.3, 0.4) is 0 Å². The summed E-state index contributed by atoms with van der Waals surface area (Å²) in [6.45, 7) is 8.75. The molecular formula is C51H52Cl2F6N6O6. The molecule has 2 heterocycles. The summed E-state index contributed by atoms with van der Waals surface area (Å²) in [7, 11) is 1.43. The summed E-state index contributed by atoms with van der Waals surface area (Å²) in [6.07, 6.45) is -7.88. The van der Waals surface area contributed by atoms with Gasteiger partial charge in [0, 0.05) is 35.1 Å². The lowest BCUT2D eigenvalue weighted by Gasteiger charge is -2.26. The summed E-state index contributed by atoms with van der Waals surface area (Å²) in [6, 6.07) is 24.0. The van der Waals surface area contributed by atoms with Crippen LogP contribution in [-0.4, -0.2) is 74.1 Å². The van der Waals surface area contributed by atoms with Gasteiger partial charge in [-0.1, -0.05) is 49.2 Å². The predicted molar refractivity (Wildman–Crippen MR) is 259 cm³/mol. The quantitative estimate of drug-likeness (QED) is 0.0769. The number of carbonyl (C=O) groups is 2. The van der Waals surface area contributed by atoms with Gasteiger partial charge in [0.05, 0.1) is 30.4 Å². The highest BCUT2D eigenvalue weighted by atomic mass is 35.5. The van der Waals surface area contributed by atoms with Crippen LogP contribution in [0.25, 0.3) is 45.6 Å². The van der Waals surface area contributed by atoms with E-state index in [1.807, 2.05) is 38.1 Å². The van der Waals surface area contributed by atoms with E-state index in [0.717, 1.165) is 46.3 Å². The number of methoxy groups -OCH3 is 1. The molecule has 0 saturated carbocycles. The van der Waals surface area contributed by atoms with E-state index in [2.05, 4.69) is 29.9 Å². The number of nitrogens with zero attached hydrogens (tertiary/aromatic N) is 5. The molecule has 0 saturated heterocycles. The Bertz CT molecular complexity index is 2860. The number of nitrogens with one attached hydrogen (secondary N) is 1. The fourth-order valence-electron chi connectivity index (χ4n) is 6.44. The maximum Gasteiger partial charge on any atom is 0.400 e. The van der Waals surface area contributed by atoms with Crippen LogP contribution in [0, 0.1) is 10.8 Å². The Labute approximate surface area is 416 Å². The molecule has 0 unspecified atom stereocenters. The number of hydrogen-bond donors (Lipinski definition) is 1. The van der Waals surface area contributed by atoms with Gasteiger partial charge in [-0.2, -0.15) is 41.3 Å². The van der Waals surface area contributed by atoms with Crippen molar-refractivity contribution in [3.05, 3.63) is 117 Å². The first kappa shape index (κ1) is 55.5. The van der Waals surface area contributed by atoms with Crippen molar-refractivity contribution >= 4 is 34.8 Å². The van der Waals surface area contributed by atoms with E-state index in [1.54, 1.807) is 60.7 Å². The number of benzene rings is 4. The van der Waals surface area contributed by atoms with Crippen molar-refractivity contribution in [2.75, 3.05) is 20.3 Å². The first-order valence-electron chi connectivity index (χ1n) is 22.4. The number of carbonyl (C=O) groups excluding carboxylic acids is 2. The van der Waals surface area contributed by atoms with E-state index < -0.39 is 40.4 Å². The molecule has 71 heavy (non-hydrogen) atoms. The smallest absolute Gasteiger partial charge is 0.400 e. The highest BCUT2D eigenvalue weighted by Crippen LogP contribution is 2.41. The molecular weight excluding hydrogens is 977 g/mol. The zero-order valence-electron chi connectivity index (χ0n) is 39.9. The van der Waals surface area contributed by atoms with E-state index >= 15 is 0 Å². The number of aromatic amines is 1. The zero-order valence-corrected chi connectivity index (χ0v) is 41.5. The standard InChI is InChI=1S/C26H27ClF3N3O3.C25H25ClF3N3O3/c1-5-14-36-18-10-8-17(9-11-18)22-31-23(33-24(32-22)35-4)19-15-16(6-12-20(19)27)7-13-21(34)25(2,3)26(28,29)30;1-4-13-35-17-9-7-16(8-10-17)21-30-22(32-23(34)31-21)18-14-15(5-11-19(18)26)6-12-20(33)24(2,3)25(27,28)29/h6,8-12,15H,5,7,13-14H2,1-4H3;5,7-11,14H,4,6,12-13H2,1-3H3,(H,30,31,32,34). The van der Waals surface area contributed by atoms with Gasteiger partial charge in [0.15, 0.2) is 17.5 Å². The molecule has 4 aromatic carbocycles. The van der Waals surface area contributed by atoms with Gasteiger partial charge in [0.2, 0.25) is 0 Å². The van der Waals surface area contributed by atoms with Crippen molar-refractivity contribution < 1.29 is 50.1 Å². The third-order valence-corrected chi connectivity index (χ3v) is 11.9. The summed E-state index contributed by atoms with van der Waals surface area (Å²) >= 11 is 12.7. The Kier molecular flexibility index (Phi) is 18.5. The molecule has 1 N–H and O–H groups in total. The van der Waals surface area contributed by atoms with Crippen LogP contribution >= 0.6 is 23.2 Å². The molecule has 2 aromatic heterocycles. The number of Topliss-reactive ketones (excluding diaryl/α,β-unsaturated/α-hetero) is 2. The second-order valence-electron chi connectivity index (χ2n) is 17.3. The molecule has 12 nitrogen and oxygen atoms in total. The van der Waals surface area contributed by atoms with Gasteiger partial charge >= 0.3 is 24.1 Å². The maximum absolute atomic E-state index is 13.2. The number of rotatable bonds is 19. The largest absolute Gasteiger partial charge is 0.494 e. The average Bonchev–Trinajstić information content (AvgIpc) is 3.33. The van der Waals surface area contributed by atoms with Gasteiger partial charge in [-0.05, 0) is 137 Å². The van der Waals surface area contributed by atoms with Gasteiger partial charge in [0.25, 0.3) is 0 Å². The Morgan fingerprint density at radius 2 is 1.00 bits per heavy atom. The molecule has 0 spiro atoms. The molecule has 0 aliphatic carbocycles. The molecule has 0 bridgehead atoms. The first-order chi connectivity index (χ1) is 33.4. The Balaban J connectivity index is 0.000000264. The van der Waals surface area contributed by atoms with Gasteiger partial charge in [-0.3, -0.25) is 14.6 Å². The van der Waals surface area contributed by atoms with Crippen LogP contribution in [0.15, 0.2) is 89.7 Å². The number of aryl methyl sites for hydroxylation is 2. The predicted octanol–water partition coefficient (Wildman–Crippen LogP) is 12.8. The molecule has 0 fully saturated rings. The van der Waals surface area contributed by atoms with Crippen LogP contribution < -0.4 is 19.9 Å². The van der Waals surface area contributed by atoms with Crippen molar-refractivity contribution in [3.8, 4) is 63.1 Å². The van der Waals surface area contributed by atoms with Crippen LogP contribution in [0.5, 0.6) is 17.5 Å². The summed E-state index contributed by atoms with van der Waals surface area (Å²) in [5.74, 6) is 0.516. The summed E-state index contributed by atoms with van der Waals surface area (Å²) < 4.78 is 95.4. The molecule has 0 amide bonds. The molecule has 0 aliphatic heterocycles. The van der Waals surface area contributed by atoms with Gasteiger partial charge in [-0.15, -0.1) is 0 Å². The first-order valence-corrected chi connectivity index (χ1v) is 23.2. The average molecular weight is 1030 g/mol. The number of H-pyrrole nitrogens is 1. The lowest BCUT2D eigenvalue weighted by molar-refractivity contribution is -0.211. The maximum atomic E-state index is 13.2. The highest BCUT2D eigenvalue weighted by molar-refractivity contribution is 6.33. The molecule has 6 rings (SSSR count). The minimum absolute atomic E-state index is 0.0733. The molecule has 20 heteroatoms. The number of ketones is 2. The fraction of sp³-hybridized carbons (Fsp3) is 0.373. The van der Waals surface area contributed by atoms with Crippen molar-refractivity contribution in [2.24, 2.45) is 10.8 Å². The number of hydrogen-bond acceptors (Lipinski definition) is 11. The van der Waals surface area contributed by atoms with E-state index in [-0.39, 0.29) is 54.2 Å². The Hall–Kier alpha value is -6.40. The molecule has 0 atom stereocenters. The second-order valence-corrected chi connectivity index (χ2v) is 18.1. The Morgan fingerprint density at radius 1 is 0.577 bits per heavy atom. The monoisotopic (exact) mass is 1030 g/mol. The molecule has 378 valence electrons. The van der Waals surface area contributed by atoms with Crippen LogP contribution in [0.1, 0.15) is 78.4 Å². The third-order valence-electron chi connectivity index (χ3n) is 11.3. The second kappa shape index (κ2) is 23.7. The van der Waals surface area contributed by atoms with Crippen molar-refractivity contribution in [2.45, 2.75) is 92.4 Å². The normalized spacial score (nSPS) is 11.9. The highest BCUT2D eigenvalue weighted by Gasteiger charge is 2.52. The molecule has 0 aliphatic rings. The third kappa shape index (κ3) is 14.4. The van der Waals surface area contributed by atoms with Crippen LogP contribution in [-0.2, 0) is 22.4 Å². The van der Waals surface area contributed by atoms with E-state index in [1.165, 1.54) is 7.11 Å². The van der Waals surface area contributed by atoms with Crippen LogP contribution in [0.4, 0.5) is 26.3 Å². The number of halogens is 8. The number of aromatic nitrogens is 6.